The monoisotopic (exact) mass is 356 g/mol. The molecular formula is C12H29IN4. The van der Waals surface area contributed by atoms with Crippen LogP contribution in [0.5, 0.6) is 0 Å². The minimum atomic E-state index is 0. The summed E-state index contributed by atoms with van der Waals surface area (Å²) in [4.78, 5) is 11.1. The van der Waals surface area contributed by atoms with Gasteiger partial charge in [-0.2, -0.15) is 0 Å². The molecule has 0 aliphatic heterocycles. The highest BCUT2D eigenvalue weighted by Gasteiger charge is 2.03. The summed E-state index contributed by atoms with van der Waals surface area (Å²) in [7, 11) is 8.12. The minimum Gasteiger partial charge on any atom is -0.349 e. The third-order valence-corrected chi connectivity index (χ3v) is 2.58. The van der Waals surface area contributed by atoms with Crippen molar-refractivity contribution >= 4 is 29.9 Å². The van der Waals surface area contributed by atoms with Crippen molar-refractivity contribution in [2.24, 2.45) is 4.99 Å². The number of halogens is 1. The Bertz CT molecular complexity index is 191. The molecule has 0 spiro atoms. The van der Waals surface area contributed by atoms with E-state index in [1.54, 1.807) is 0 Å². The molecule has 0 bridgehead atoms. The highest BCUT2D eigenvalue weighted by molar-refractivity contribution is 14.0. The number of aliphatic imine (C=N–C) groups is 1. The maximum absolute atomic E-state index is 4.61. The molecule has 0 fully saturated rings. The lowest BCUT2D eigenvalue weighted by atomic mass is 10.4. The third-order valence-electron chi connectivity index (χ3n) is 2.58. The first-order chi connectivity index (χ1) is 7.52. The molecular weight excluding hydrogens is 327 g/mol. The molecule has 0 unspecified atom stereocenters. The zero-order chi connectivity index (χ0) is 12.6. The molecule has 0 rings (SSSR count). The quantitative estimate of drug-likeness (QED) is 0.314. The summed E-state index contributed by atoms with van der Waals surface area (Å²) in [5, 5.41) is 0. The van der Waals surface area contributed by atoms with Crippen LogP contribution in [0.25, 0.3) is 0 Å². The van der Waals surface area contributed by atoms with Gasteiger partial charge in [0.2, 0.25) is 0 Å². The summed E-state index contributed by atoms with van der Waals surface area (Å²) in [5.41, 5.74) is 0. The molecule has 5 heteroatoms. The molecule has 0 aliphatic rings. The normalized spacial score (nSPS) is 9.82. The van der Waals surface area contributed by atoms with Crippen LogP contribution >= 0.6 is 24.0 Å². The summed E-state index contributed by atoms with van der Waals surface area (Å²) >= 11 is 0. The van der Waals surface area contributed by atoms with Crippen molar-refractivity contribution in [1.82, 2.24) is 14.7 Å². The SMILES string of the molecule is CCN(CC)CCCN=C(N(C)C)N(C)C.I. The maximum atomic E-state index is 4.61. The third kappa shape index (κ3) is 8.65. The summed E-state index contributed by atoms with van der Waals surface area (Å²) < 4.78 is 0. The van der Waals surface area contributed by atoms with Crippen molar-refractivity contribution in [3.63, 3.8) is 0 Å². The van der Waals surface area contributed by atoms with E-state index in [1.807, 2.05) is 28.2 Å². The second kappa shape index (κ2) is 11.1. The van der Waals surface area contributed by atoms with E-state index in [4.69, 9.17) is 0 Å². The van der Waals surface area contributed by atoms with Gasteiger partial charge in [0.15, 0.2) is 5.96 Å². The Morgan fingerprint density at radius 3 is 1.76 bits per heavy atom. The molecule has 0 aromatic rings. The van der Waals surface area contributed by atoms with Gasteiger partial charge in [0.25, 0.3) is 0 Å². The fourth-order valence-electron chi connectivity index (χ4n) is 1.70. The first-order valence-corrected chi connectivity index (χ1v) is 6.14. The fourth-order valence-corrected chi connectivity index (χ4v) is 1.70. The maximum Gasteiger partial charge on any atom is 0.195 e. The molecule has 0 amide bonds. The number of hydrogen-bond acceptors (Lipinski definition) is 2. The molecule has 4 nitrogen and oxygen atoms in total. The van der Waals surface area contributed by atoms with Crippen LogP contribution in [-0.2, 0) is 0 Å². The molecule has 0 heterocycles. The van der Waals surface area contributed by atoms with E-state index in [0.29, 0.717) is 0 Å². The van der Waals surface area contributed by atoms with Crippen LogP contribution in [0.1, 0.15) is 20.3 Å². The number of nitrogens with zero attached hydrogens (tertiary/aromatic N) is 4. The van der Waals surface area contributed by atoms with E-state index in [0.717, 1.165) is 38.6 Å². The second-order valence-corrected chi connectivity index (χ2v) is 4.35. The van der Waals surface area contributed by atoms with E-state index >= 15 is 0 Å². The van der Waals surface area contributed by atoms with Gasteiger partial charge in [-0.1, -0.05) is 13.8 Å². The fraction of sp³-hybridized carbons (Fsp3) is 0.917. The van der Waals surface area contributed by atoms with Crippen LogP contribution in [-0.4, -0.2) is 75.0 Å². The van der Waals surface area contributed by atoms with E-state index < -0.39 is 0 Å². The van der Waals surface area contributed by atoms with Gasteiger partial charge < -0.3 is 14.7 Å². The molecule has 0 aliphatic carbocycles. The van der Waals surface area contributed by atoms with Crippen molar-refractivity contribution in [2.75, 3.05) is 54.4 Å². The molecule has 0 saturated heterocycles. The van der Waals surface area contributed by atoms with Gasteiger partial charge in [0, 0.05) is 34.7 Å². The van der Waals surface area contributed by atoms with Crippen LogP contribution in [0.3, 0.4) is 0 Å². The molecule has 17 heavy (non-hydrogen) atoms. The zero-order valence-corrected chi connectivity index (χ0v) is 14.6. The van der Waals surface area contributed by atoms with Gasteiger partial charge >= 0.3 is 0 Å². The molecule has 0 aromatic heterocycles. The summed E-state index contributed by atoms with van der Waals surface area (Å²) in [6, 6.07) is 0. The van der Waals surface area contributed by atoms with Crippen molar-refractivity contribution in [2.45, 2.75) is 20.3 Å². The second-order valence-electron chi connectivity index (χ2n) is 4.35. The lowest BCUT2D eigenvalue weighted by Gasteiger charge is -2.23. The van der Waals surface area contributed by atoms with Gasteiger partial charge in [0.05, 0.1) is 0 Å². The van der Waals surface area contributed by atoms with Crippen molar-refractivity contribution in [1.29, 1.82) is 0 Å². The van der Waals surface area contributed by atoms with Crippen LogP contribution in [0.4, 0.5) is 0 Å². The zero-order valence-electron chi connectivity index (χ0n) is 12.2. The highest BCUT2D eigenvalue weighted by atomic mass is 127. The molecule has 0 radical (unpaired) electrons. The summed E-state index contributed by atoms with van der Waals surface area (Å²) in [6.07, 6.45) is 1.13. The average Bonchev–Trinajstić information content (AvgIpc) is 2.22. The lowest BCUT2D eigenvalue weighted by molar-refractivity contribution is 0.301. The van der Waals surface area contributed by atoms with E-state index in [1.165, 1.54) is 0 Å². The van der Waals surface area contributed by atoms with Crippen molar-refractivity contribution < 1.29 is 0 Å². The summed E-state index contributed by atoms with van der Waals surface area (Å²) in [5.74, 6) is 1.04. The first-order valence-electron chi connectivity index (χ1n) is 6.14. The predicted molar refractivity (Wildman–Crippen MR) is 87.5 cm³/mol. The standard InChI is InChI=1S/C12H28N4.HI/c1-7-16(8-2)11-9-10-13-12(14(3)4)15(5)6;/h7-11H2,1-6H3;1H. The van der Waals surface area contributed by atoms with Gasteiger partial charge in [-0.25, -0.2) is 0 Å². The van der Waals surface area contributed by atoms with Crippen LogP contribution < -0.4 is 0 Å². The molecule has 0 N–H and O–H groups in total. The van der Waals surface area contributed by atoms with E-state index in [-0.39, 0.29) is 24.0 Å². The van der Waals surface area contributed by atoms with Crippen LogP contribution in [0.15, 0.2) is 4.99 Å². The smallest absolute Gasteiger partial charge is 0.195 e. The number of hydrogen-bond donors (Lipinski definition) is 0. The average molecular weight is 356 g/mol. The van der Waals surface area contributed by atoms with Crippen LogP contribution in [0.2, 0.25) is 0 Å². The Morgan fingerprint density at radius 2 is 1.41 bits per heavy atom. The molecule has 0 atom stereocenters. The lowest BCUT2D eigenvalue weighted by Crippen LogP contribution is -2.35. The Morgan fingerprint density at radius 1 is 0.941 bits per heavy atom. The van der Waals surface area contributed by atoms with Gasteiger partial charge in [-0.3, -0.25) is 4.99 Å². The topological polar surface area (TPSA) is 22.1 Å². The Labute approximate surface area is 124 Å². The highest BCUT2D eigenvalue weighted by Crippen LogP contribution is 1.94. The minimum absolute atomic E-state index is 0. The Kier molecular flexibility index (Phi) is 12.6. The van der Waals surface area contributed by atoms with Gasteiger partial charge in [0.1, 0.15) is 0 Å². The van der Waals surface area contributed by atoms with E-state index in [2.05, 4.69) is 33.5 Å². The summed E-state index contributed by atoms with van der Waals surface area (Å²) in [6.45, 7) is 8.73. The van der Waals surface area contributed by atoms with Gasteiger partial charge in [-0.05, 0) is 26.1 Å². The largest absolute Gasteiger partial charge is 0.349 e. The predicted octanol–water partition coefficient (Wildman–Crippen LogP) is 1.82. The van der Waals surface area contributed by atoms with Crippen molar-refractivity contribution in [3.8, 4) is 0 Å². The Balaban J connectivity index is 0. The number of rotatable bonds is 6. The molecule has 0 aromatic carbocycles. The van der Waals surface area contributed by atoms with Crippen molar-refractivity contribution in [3.05, 3.63) is 0 Å². The van der Waals surface area contributed by atoms with Crippen LogP contribution in [0, 0.1) is 0 Å². The van der Waals surface area contributed by atoms with Gasteiger partial charge in [-0.15, -0.1) is 24.0 Å². The van der Waals surface area contributed by atoms with E-state index in [9.17, 15) is 0 Å². The molecule has 104 valence electrons. The first kappa shape index (κ1) is 19.3. The number of guanidine groups is 1. The Hall–Kier alpha value is -0.0400. The molecule has 0 saturated carbocycles.